The van der Waals surface area contributed by atoms with Gasteiger partial charge in [-0.15, -0.1) is 0 Å². The van der Waals surface area contributed by atoms with Crippen LogP contribution in [0.25, 0.3) is 0 Å². The van der Waals surface area contributed by atoms with Crippen molar-refractivity contribution in [2.24, 2.45) is 5.92 Å². The Balaban J connectivity index is 2.69. The van der Waals surface area contributed by atoms with E-state index in [1.54, 1.807) is 0 Å². The van der Waals surface area contributed by atoms with Gasteiger partial charge in [-0.3, -0.25) is 4.79 Å². The quantitative estimate of drug-likeness (QED) is 0.520. The van der Waals surface area contributed by atoms with E-state index in [0.717, 1.165) is 24.7 Å². The van der Waals surface area contributed by atoms with Crippen molar-refractivity contribution in [2.45, 2.75) is 98.4 Å². The molecule has 1 unspecified atom stereocenters. The van der Waals surface area contributed by atoms with Crippen molar-refractivity contribution in [3.63, 3.8) is 0 Å². The van der Waals surface area contributed by atoms with Crippen molar-refractivity contribution >= 4 is 13.1 Å². The van der Waals surface area contributed by atoms with Gasteiger partial charge in [0.1, 0.15) is 5.60 Å². The first-order valence-corrected chi connectivity index (χ1v) is 9.06. The molecular formula is C19H35BO4. The zero-order valence-corrected chi connectivity index (χ0v) is 17.0. The standard InChI is InChI=1S/C19H35BO4/c1-10-11-15(20-23-18(6,7)19(8,9)24-20)13-12-14(2)16(21)22-17(3,4)5/h11,14H,10,12-13H2,1-9H3. The Morgan fingerprint density at radius 2 is 1.67 bits per heavy atom. The Labute approximate surface area is 148 Å². The van der Waals surface area contributed by atoms with Gasteiger partial charge in [0.05, 0.1) is 17.1 Å². The first kappa shape index (κ1) is 21.2. The maximum atomic E-state index is 12.2. The fraction of sp³-hybridized carbons (Fsp3) is 0.842. The molecule has 1 heterocycles. The van der Waals surface area contributed by atoms with E-state index < -0.39 is 5.60 Å². The zero-order valence-electron chi connectivity index (χ0n) is 17.0. The topological polar surface area (TPSA) is 44.8 Å². The van der Waals surface area contributed by atoms with Crippen LogP contribution in [0.5, 0.6) is 0 Å². The molecule has 1 aliphatic heterocycles. The van der Waals surface area contributed by atoms with E-state index in [1.807, 2.05) is 27.7 Å². The van der Waals surface area contributed by atoms with Gasteiger partial charge in [0.2, 0.25) is 0 Å². The van der Waals surface area contributed by atoms with Crippen LogP contribution in [0.2, 0.25) is 0 Å². The molecule has 1 saturated heterocycles. The van der Waals surface area contributed by atoms with E-state index in [2.05, 4.69) is 40.7 Å². The van der Waals surface area contributed by atoms with Gasteiger partial charge in [0, 0.05) is 0 Å². The lowest BCUT2D eigenvalue weighted by Gasteiger charge is -2.32. The molecule has 5 heteroatoms. The molecule has 1 atom stereocenters. The molecule has 1 fully saturated rings. The fourth-order valence-corrected chi connectivity index (χ4v) is 2.48. The molecule has 0 aromatic heterocycles. The van der Waals surface area contributed by atoms with Crippen molar-refractivity contribution < 1.29 is 18.8 Å². The summed E-state index contributed by atoms with van der Waals surface area (Å²) in [6.07, 6.45) is 4.57. The van der Waals surface area contributed by atoms with Crippen LogP contribution in [0.1, 0.15) is 81.6 Å². The van der Waals surface area contributed by atoms with Crippen molar-refractivity contribution in [1.29, 1.82) is 0 Å². The third-order valence-corrected chi connectivity index (χ3v) is 4.70. The first-order valence-electron chi connectivity index (χ1n) is 9.06. The Bertz CT molecular complexity index is 458. The summed E-state index contributed by atoms with van der Waals surface area (Å²) in [5, 5.41) is 0. The van der Waals surface area contributed by atoms with E-state index >= 15 is 0 Å². The highest BCUT2D eigenvalue weighted by atomic mass is 16.7. The zero-order chi connectivity index (χ0) is 18.8. The number of hydrogen-bond donors (Lipinski definition) is 0. The van der Waals surface area contributed by atoms with Crippen molar-refractivity contribution in [2.75, 3.05) is 0 Å². The molecule has 0 aliphatic carbocycles. The lowest BCUT2D eigenvalue weighted by molar-refractivity contribution is -0.159. The molecule has 0 N–H and O–H groups in total. The SMILES string of the molecule is CCC=C(CCC(C)C(=O)OC(C)(C)C)B1OC(C)(C)C(C)(C)O1. The Kier molecular flexibility index (Phi) is 6.73. The summed E-state index contributed by atoms with van der Waals surface area (Å²) in [6.45, 7) is 17.9. The molecule has 0 bridgehead atoms. The van der Waals surface area contributed by atoms with E-state index in [9.17, 15) is 4.79 Å². The van der Waals surface area contributed by atoms with Crippen LogP contribution in [0.3, 0.4) is 0 Å². The minimum Gasteiger partial charge on any atom is -0.460 e. The minimum atomic E-state index is -0.445. The fourth-order valence-electron chi connectivity index (χ4n) is 2.48. The molecule has 1 aliphatic rings. The molecule has 0 saturated carbocycles. The summed E-state index contributed by atoms with van der Waals surface area (Å²) in [6, 6.07) is 0. The average Bonchev–Trinajstić information content (AvgIpc) is 2.60. The maximum Gasteiger partial charge on any atom is 0.490 e. The molecular weight excluding hydrogens is 303 g/mol. The van der Waals surface area contributed by atoms with E-state index in [-0.39, 0.29) is 30.2 Å². The normalized spacial score (nSPS) is 21.7. The molecule has 0 aromatic rings. The predicted octanol–water partition coefficient (Wildman–Crippen LogP) is 4.71. The van der Waals surface area contributed by atoms with Gasteiger partial charge in [-0.25, -0.2) is 0 Å². The van der Waals surface area contributed by atoms with Crippen LogP contribution in [0.15, 0.2) is 11.5 Å². The molecule has 0 amide bonds. The summed E-state index contributed by atoms with van der Waals surface area (Å²) >= 11 is 0. The minimum absolute atomic E-state index is 0.146. The summed E-state index contributed by atoms with van der Waals surface area (Å²) in [7, 11) is -0.333. The molecule has 0 spiro atoms. The van der Waals surface area contributed by atoms with Crippen LogP contribution >= 0.6 is 0 Å². The highest BCUT2D eigenvalue weighted by molar-refractivity contribution is 6.54. The van der Waals surface area contributed by atoms with Crippen LogP contribution in [-0.2, 0) is 18.8 Å². The summed E-state index contributed by atoms with van der Waals surface area (Å²) in [5.41, 5.74) is -0.0200. The van der Waals surface area contributed by atoms with E-state index in [0.29, 0.717) is 0 Å². The number of rotatable bonds is 6. The largest absolute Gasteiger partial charge is 0.490 e. The van der Waals surface area contributed by atoms with Crippen molar-refractivity contribution in [3.8, 4) is 0 Å². The van der Waals surface area contributed by atoms with Crippen molar-refractivity contribution in [1.82, 2.24) is 0 Å². The molecule has 138 valence electrons. The molecule has 24 heavy (non-hydrogen) atoms. The summed E-state index contributed by atoms with van der Waals surface area (Å²) in [5.74, 6) is -0.292. The molecule has 0 radical (unpaired) electrons. The third-order valence-electron chi connectivity index (χ3n) is 4.70. The van der Waals surface area contributed by atoms with Gasteiger partial charge in [-0.05, 0) is 73.2 Å². The lowest BCUT2D eigenvalue weighted by Crippen LogP contribution is -2.41. The monoisotopic (exact) mass is 338 g/mol. The highest BCUT2D eigenvalue weighted by Crippen LogP contribution is 2.39. The number of ether oxygens (including phenoxy) is 1. The maximum absolute atomic E-state index is 12.2. The number of hydrogen-bond acceptors (Lipinski definition) is 4. The van der Waals surface area contributed by atoms with Gasteiger partial charge >= 0.3 is 13.1 Å². The van der Waals surface area contributed by atoms with E-state index in [4.69, 9.17) is 14.0 Å². The number of carbonyl (C=O) groups excluding carboxylic acids is 1. The van der Waals surface area contributed by atoms with Gasteiger partial charge < -0.3 is 14.0 Å². The summed E-state index contributed by atoms with van der Waals surface area (Å²) < 4.78 is 17.8. The average molecular weight is 338 g/mol. The van der Waals surface area contributed by atoms with Gasteiger partial charge in [-0.1, -0.05) is 19.9 Å². The number of esters is 1. The van der Waals surface area contributed by atoms with Gasteiger partial charge in [0.25, 0.3) is 0 Å². The molecule has 4 nitrogen and oxygen atoms in total. The number of allylic oxidation sites excluding steroid dienone is 2. The lowest BCUT2D eigenvalue weighted by atomic mass is 9.74. The number of carbonyl (C=O) groups is 1. The second kappa shape index (κ2) is 7.61. The smallest absolute Gasteiger partial charge is 0.460 e. The van der Waals surface area contributed by atoms with Gasteiger partial charge in [-0.2, -0.15) is 0 Å². The van der Waals surface area contributed by atoms with Gasteiger partial charge in [0.15, 0.2) is 0 Å². The second-order valence-corrected chi connectivity index (χ2v) is 8.75. The first-order chi connectivity index (χ1) is 10.8. The van der Waals surface area contributed by atoms with Crippen LogP contribution in [0.4, 0.5) is 0 Å². The van der Waals surface area contributed by atoms with Crippen LogP contribution in [-0.4, -0.2) is 29.9 Å². The van der Waals surface area contributed by atoms with E-state index in [1.165, 1.54) is 0 Å². The van der Waals surface area contributed by atoms with Crippen LogP contribution in [0, 0.1) is 5.92 Å². The van der Waals surface area contributed by atoms with Crippen LogP contribution < -0.4 is 0 Å². The van der Waals surface area contributed by atoms with Crippen molar-refractivity contribution in [3.05, 3.63) is 11.5 Å². The Hall–Kier alpha value is -0.805. The second-order valence-electron chi connectivity index (χ2n) is 8.75. The highest BCUT2D eigenvalue weighted by Gasteiger charge is 2.52. The Morgan fingerprint density at radius 3 is 2.08 bits per heavy atom. The molecule has 0 aromatic carbocycles. The molecule has 1 rings (SSSR count). The Morgan fingerprint density at radius 1 is 1.17 bits per heavy atom. The third kappa shape index (κ3) is 5.63. The summed E-state index contributed by atoms with van der Waals surface area (Å²) in [4.78, 5) is 12.2. The predicted molar refractivity (Wildman–Crippen MR) is 98.7 cm³/mol.